The van der Waals surface area contributed by atoms with Crippen LogP contribution in [0.4, 0.5) is 5.69 Å². The summed E-state index contributed by atoms with van der Waals surface area (Å²) in [5.74, 6) is -1.06. The van der Waals surface area contributed by atoms with Crippen molar-refractivity contribution in [2.45, 2.75) is 6.92 Å². The molecule has 116 valence electrons. The number of imide groups is 1. The van der Waals surface area contributed by atoms with Crippen molar-refractivity contribution in [2.75, 3.05) is 4.90 Å². The Kier molecular flexibility index (Phi) is 4.19. The lowest BCUT2D eigenvalue weighted by Gasteiger charge is -2.15. The summed E-state index contributed by atoms with van der Waals surface area (Å²) in [6, 6.07) is 11.8. The summed E-state index contributed by atoms with van der Waals surface area (Å²) in [7, 11) is 0. The van der Waals surface area contributed by atoms with Crippen LogP contribution < -0.4 is 4.90 Å². The minimum absolute atomic E-state index is 0.107. The molecule has 0 spiro atoms. The summed E-state index contributed by atoms with van der Waals surface area (Å²) >= 11 is 18.0. The second-order valence-electron chi connectivity index (χ2n) is 5.10. The van der Waals surface area contributed by atoms with Crippen LogP contribution in [0, 0.1) is 6.92 Å². The topological polar surface area (TPSA) is 37.4 Å². The Morgan fingerprint density at radius 3 is 2.09 bits per heavy atom. The normalized spacial score (nSPS) is 14.9. The molecule has 0 fully saturated rings. The molecule has 0 unspecified atom stereocenters. The zero-order valence-corrected chi connectivity index (χ0v) is 14.2. The van der Waals surface area contributed by atoms with Crippen LogP contribution in [0.1, 0.15) is 11.1 Å². The molecule has 0 bridgehead atoms. The van der Waals surface area contributed by atoms with Gasteiger partial charge in [0.25, 0.3) is 11.8 Å². The molecule has 2 amide bonds. The molecular formula is C17H10Cl3NO2. The standard InChI is InChI=1S/C17H10Cl3NO2/c1-9-2-4-10(5-3-9)14-15(20)17(23)21(16(14)22)11-6-7-12(18)13(19)8-11/h2-8H,1H3. The molecule has 0 radical (unpaired) electrons. The van der Waals surface area contributed by atoms with E-state index in [1.807, 2.05) is 19.1 Å². The number of benzene rings is 2. The first-order chi connectivity index (χ1) is 10.9. The second-order valence-corrected chi connectivity index (χ2v) is 6.29. The van der Waals surface area contributed by atoms with Crippen LogP contribution >= 0.6 is 34.8 Å². The SMILES string of the molecule is Cc1ccc(C2=C(Cl)C(=O)N(c3ccc(Cl)c(Cl)c3)C2=O)cc1. The van der Waals surface area contributed by atoms with Crippen LogP contribution in [0.5, 0.6) is 0 Å². The Hall–Kier alpha value is -1.81. The highest BCUT2D eigenvalue weighted by Crippen LogP contribution is 2.36. The number of carbonyl (C=O) groups is 2. The Bertz CT molecular complexity index is 857. The van der Waals surface area contributed by atoms with Gasteiger partial charge in [-0.15, -0.1) is 0 Å². The molecule has 3 nitrogen and oxygen atoms in total. The van der Waals surface area contributed by atoms with Gasteiger partial charge in [0.15, 0.2) is 0 Å². The summed E-state index contributed by atoms with van der Waals surface area (Å²) in [6.45, 7) is 1.93. The van der Waals surface area contributed by atoms with E-state index in [0.717, 1.165) is 10.5 Å². The fraction of sp³-hybridized carbons (Fsp3) is 0.0588. The molecular weight excluding hydrogens is 357 g/mol. The lowest BCUT2D eigenvalue weighted by atomic mass is 10.0. The van der Waals surface area contributed by atoms with Crippen LogP contribution in [-0.4, -0.2) is 11.8 Å². The van der Waals surface area contributed by atoms with E-state index in [-0.39, 0.29) is 15.6 Å². The molecule has 0 N–H and O–H groups in total. The van der Waals surface area contributed by atoms with Crippen LogP contribution in [0.15, 0.2) is 47.5 Å². The van der Waals surface area contributed by atoms with Gasteiger partial charge in [-0.05, 0) is 30.7 Å². The Morgan fingerprint density at radius 1 is 0.826 bits per heavy atom. The molecule has 0 saturated carbocycles. The lowest BCUT2D eigenvalue weighted by molar-refractivity contribution is -0.119. The number of rotatable bonds is 2. The largest absolute Gasteiger partial charge is 0.277 e. The third-order valence-electron chi connectivity index (χ3n) is 3.53. The van der Waals surface area contributed by atoms with Gasteiger partial charge in [0.1, 0.15) is 5.03 Å². The van der Waals surface area contributed by atoms with Gasteiger partial charge in [0, 0.05) is 0 Å². The van der Waals surface area contributed by atoms with Crippen molar-refractivity contribution < 1.29 is 9.59 Å². The number of amides is 2. The Morgan fingerprint density at radius 2 is 1.48 bits per heavy atom. The maximum Gasteiger partial charge on any atom is 0.277 e. The van der Waals surface area contributed by atoms with E-state index in [9.17, 15) is 9.59 Å². The second kappa shape index (κ2) is 6.00. The van der Waals surface area contributed by atoms with Crippen molar-refractivity contribution >= 4 is 57.9 Å². The number of aryl methyl sites for hydroxylation is 1. The quantitative estimate of drug-likeness (QED) is 0.714. The van der Waals surface area contributed by atoms with Gasteiger partial charge in [-0.2, -0.15) is 0 Å². The summed E-state index contributed by atoms with van der Waals surface area (Å²) < 4.78 is 0. The van der Waals surface area contributed by atoms with Gasteiger partial charge in [-0.25, -0.2) is 4.90 Å². The molecule has 2 aromatic rings. The van der Waals surface area contributed by atoms with Crippen molar-refractivity contribution in [1.82, 2.24) is 0 Å². The molecule has 1 aliphatic heterocycles. The fourth-order valence-corrected chi connectivity index (χ4v) is 2.90. The average Bonchev–Trinajstić information content (AvgIpc) is 2.74. The van der Waals surface area contributed by atoms with Gasteiger partial charge >= 0.3 is 0 Å². The third kappa shape index (κ3) is 2.76. The van der Waals surface area contributed by atoms with Crippen molar-refractivity contribution in [2.24, 2.45) is 0 Å². The summed E-state index contributed by atoms with van der Waals surface area (Å²) in [6.07, 6.45) is 0. The van der Waals surface area contributed by atoms with Crippen molar-refractivity contribution in [3.05, 3.63) is 68.7 Å². The molecule has 2 aromatic carbocycles. The van der Waals surface area contributed by atoms with Crippen LogP contribution in [0.3, 0.4) is 0 Å². The number of carbonyl (C=O) groups excluding carboxylic acids is 2. The minimum Gasteiger partial charge on any atom is -0.268 e. The monoisotopic (exact) mass is 365 g/mol. The molecule has 0 aromatic heterocycles. The Labute approximate surface area is 148 Å². The fourth-order valence-electron chi connectivity index (χ4n) is 2.33. The molecule has 0 aliphatic carbocycles. The molecule has 6 heteroatoms. The number of halogens is 3. The highest BCUT2D eigenvalue weighted by molar-refractivity contribution is 6.60. The lowest BCUT2D eigenvalue weighted by Crippen LogP contribution is -2.31. The number of anilines is 1. The first kappa shape index (κ1) is 16.1. The molecule has 1 heterocycles. The van der Waals surface area contributed by atoms with Gasteiger partial charge in [-0.1, -0.05) is 64.6 Å². The maximum absolute atomic E-state index is 12.7. The number of hydrogen-bond acceptors (Lipinski definition) is 2. The number of nitrogens with zero attached hydrogens (tertiary/aromatic N) is 1. The van der Waals surface area contributed by atoms with Gasteiger partial charge in [-0.3, -0.25) is 9.59 Å². The molecule has 1 aliphatic rings. The summed E-state index contributed by atoms with van der Waals surface area (Å²) in [5.41, 5.74) is 2.16. The van der Waals surface area contributed by atoms with Crippen LogP contribution in [-0.2, 0) is 9.59 Å². The third-order valence-corrected chi connectivity index (χ3v) is 4.62. The van der Waals surface area contributed by atoms with Crippen LogP contribution in [0.25, 0.3) is 5.57 Å². The van der Waals surface area contributed by atoms with Gasteiger partial charge < -0.3 is 0 Å². The average molecular weight is 367 g/mol. The molecule has 23 heavy (non-hydrogen) atoms. The van der Waals surface area contributed by atoms with E-state index >= 15 is 0 Å². The van der Waals surface area contributed by atoms with E-state index in [1.165, 1.54) is 12.1 Å². The highest BCUT2D eigenvalue weighted by Gasteiger charge is 2.39. The van der Waals surface area contributed by atoms with Crippen molar-refractivity contribution in [1.29, 1.82) is 0 Å². The van der Waals surface area contributed by atoms with E-state index in [4.69, 9.17) is 34.8 Å². The van der Waals surface area contributed by atoms with E-state index in [0.29, 0.717) is 16.3 Å². The van der Waals surface area contributed by atoms with Crippen LogP contribution in [0.2, 0.25) is 10.0 Å². The predicted octanol–water partition coefficient (Wildman–Crippen LogP) is 4.83. The predicted molar refractivity (Wildman–Crippen MR) is 92.9 cm³/mol. The smallest absolute Gasteiger partial charge is 0.268 e. The maximum atomic E-state index is 12.7. The first-order valence-electron chi connectivity index (χ1n) is 6.71. The number of hydrogen-bond donors (Lipinski definition) is 0. The van der Waals surface area contributed by atoms with E-state index in [1.54, 1.807) is 18.2 Å². The van der Waals surface area contributed by atoms with Gasteiger partial charge in [0.05, 0.1) is 21.3 Å². The minimum atomic E-state index is -0.578. The van der Waals surface area contributed by atoms with E-state index in [2.05, 4.69) is 0 Å². The van der Waals surface area contributed by atoms with Gasteiger partial charge in [0.2, 0.25) is 0 Å². The zero-order valence-electron chi connectivity index (χ0n) is 11.9. The molecule has 3 rings (SSSR count). The summed E-state index contributed by atoms with van der Waals surface area (Å²) in [5, 5.41) is 0.488. The zero-order chi connectivity index (χ0) is 16.7. The molecule has 0 saturated heterocycles. The highest BCUT2D eigenvalue weighted by atomic mass is 35.5. The van der Waals surface area contributed by atoms with Crippen molar-refractivity contribution in [3.63, 3.8) is 0 Å². The first-order valence-corrected chi connectivity index (χ1v) is 7.84. The summed E-state index contributed by atoms with van der Waals surface area (Å²) in [4.78, 5) is 26.1. The van der Waals surface area contributed by atoms with Crippen molar-refractivity contribution in [3.8, 4) is 0 Å². The Balaban J connectivity index is 2.05. The molecule has 0 atom stereocenters. The van der Waals surface area contributed by atoms with E-state index < -0.39 is 11.8 Å².